The molecule has 86 valence electrons. The van der Waals surface area contributed by atoms with Crippen molar-refractivity contribution in [2.24, 2.45) is 0 Å². The van der Waals surface area contributed by atoms with E-state index in [1.54, 1.807) is 7.11 Å². The van der Waals surface area contributed by atoms with E-state index >= 15 is 0 Å². The highest BCUT2D eigenvalue weighted by molar-refractivity contribution is 5.22. The molecule has 1 aromatic carbocycles. The number of methoxy groups -OCH3 is 1. The van der Waals surface area contributed by atoms with Gasteiger partial charge in [-0.2, -0.15) is 0 Å². The van der Waals surface area contributed by atoms with Crippen LogP contribution >= 0.6 is 0 Å². The maximum Gasteiger partial charge on any atom is 0.0713 e. The molecule has 0 saturated carbocycles. The topological polar surface area (TPSA) is 21.3 Å². The molecule has 0 spiro atoms. The van der Waals surface area contributed by atoms with Crippen LogP contribution in [0.1, 0.15) is 24.5 Å². The average molecular weight is 217 g/mol. The SMILES string of the molecule is C#CCC(C)NCc1ccc(COC)cc1. The Bertz CT molecular complexity index is 337. The molecule has 0 amide bonds. The van der Waals surface area contributed by atoms with Crippen molar-refractivity contribution in [1.29, 1.82) is 0 Å². The van der Waals surface area contributed by atoms with Gasteiger partial charge in [-0.05, 0) is 18.1 Å². The Hall–Kier alpha value is -1.30. The van der Waals surface area contributed by atoms with Gasteiger partial charge >= 0.3 is 0 Å². The molecule has 0 aliphatic carbocycles. The van der Waals surface area contributed by atoms with Gasteiger partial charge in [0.2, 0.25) is 0 Å². The highest BCUT2D eigenvalue weighted by atomic mass is 16.5. The van der Waals surface area contributed by atoms with Crippen molar-refractivity contribution >= 4 is 0 Å². The van der Waals surface area contributed by atoms with E-state index in [2.05, 4.69) is 42.4 Å². The first-order chi connectivity index (χ1) is 7.76. The van der Waals surface area contributed by atoms with Crippen LogP contribution in [0.15, 0.2) is 24.3 Å². The first kappa shape index (κ1) is 12.8. The molecule has 2 nitrogen and oxygen atoms in total. The zero-order valence-electron chi connectivity index (χ0n) is 9.99. The number of hydrogen-bond donors (Lipinski definition) is 1. The predicted molar refractivity (Wildman–Crippen MR) is 66.9 cm³/mol. The van der Waals surface area contributed by atoms with Crippen LogP contribution in [0.2, 0.25) is 0 Å². The van der Waals surface area contributed by atoms with Crippen LogP contribution < -0.4 is 5.32 Å². The van der Waals surface area contributed by atoms with Crippen LogP contribution in [-0.4, -0.2) is 13.2 Å². The van der Waals surface area contributed by atoms with Gasteiger partial charge in [-0.15, -0.1) is 12.3 Å². The molecule has 0 aliphatic rings. The van der Waals surface area contributed by atoms with Crippen molar-refractivity contribution < 1.29 is 4.74 Å². The molecule has 16 heavy (non-hydrogen) atoms. The van der Waals surface area contributed by atoms with Crippen molar-refractivity contribution in [2.45, 2.75) is 32.5 Å². The van der Waals surface area contributed by atoms with E-state index in [-0.39, 0.29) is 0 Å². The van der Waals surface area contributed by atoms with Gasteiger partial charge in [0.25, 0.3) is 0 Å². The van der Waals surface area contributed by atoms with Crippen molar-refractivity contribution in [3.63, 3.8) is 0 Å². The molecule has 1 rings (SSSR count). The van der Waals surface area contributed by atoms with Crippen molar-refractivity contribution in [2.75, 3.05) is 7.11 Å². The molecular weight excluding hydrogens is 198 g/mol. The Kier molecular flexibility index (Phi) is 5.63. The van der Waals surface area contributed by atoms with Gasteiger partial charge in [0.15, 0.2) is 0 Å². The zero-order valence-corrected chi connectivity index (χ0v) is 9.99. The Labute approximate surface area is 98.0 Å². The summed E-state index contributed by atoms with van der Waals surface area (Å²) in [5, 5.41) is 3.38. The fourth-order valence-corrected chi connectivity index (χ4v) is 1.46. The highest BCUT2D eigenvalue weighted by Crippen LogP contribution is 2.05. The number of terminal acetylenes is 1. The number of rotatable bonds is 6. The van der Waals surface area contributed by atoms with Crippen molar-refractivity contribution in [3.8, 4) is 12.3 Å². The van der Waals surface area contributed by atoms with E-state index in [0.717, 1.165) is 13.0 Å². The molecule has 1 unspecified atom stereocenters. The summed E-state index contributed by atoms with van der Waals surface area (Å²) >= 11 is 0. The maximum absolute atomic E-state index is 5.25. The summed E-state index contributed by atoms with van der Waals surface area (Å²) in [6.07, 6.45) is 6.01. The zero-order chi connectivity index (χ0) is 11.8. The van der Waals surface area contributed by atoms with Gasteiger partial charge in [-0.25, -0.2) is 0 Å². The van der Waals surface area contributed by atoms with E-state index in [1.165, 1.54) is 11.1 Å². The van der Waals surface area contributed by atoms with Crippen LogP contribution in [0.3, 0.4) is 0 Å². The first-order valence-corrected chi connectivity index (χ1v) is 5.50. The van der Waals surface area contributed by atoms with Crippen LogP contribution in [0.4, 0.5) is 0 Å². The van der Waals surface area contributed by atoms with Crippen LogP contribution in [-0.2, 0) is 17.9 Å². The predicted octanol–water partition coefficient (Wildman–Crippen LogP) is 2.33. The van der Waals surface area contributed by atoms with Gasteiger partial charge in [-0.1, -0.05) is 24.3 Å². The van der Waals surface area contributed by atoms with Crippen molar-refractivity contribution in [1.82, 2.24) is 5.32 Å². The molecule has 0 aliphatic heterocycles. The Morgan fingerprint density at radius 1 is 1.31 bits per heavy atom. The summed E-state index contributed by atoms with van der Waals surface area (Å²) in [6, 6.07) is 8.77. The Balaban J connectivity index is 2.40. The normalized spacial score (nSPS) is 12.1. The monoisotopic (exact) mass is 217 g/mol. The largest absolute Gasteiger partial charge is 0.380 e. The summed E-state index contributed by atoms with van der Waals surface area (Å²) < 4.78 is 5.06. The van der Waals surface area contributed by atoms with E-state index in [0.29, 0.717) is 12.6 Å². The third kappa shape index (κ3) is 4.48. The maximum atomic E-state index is 5.25. The minimum atomic E-state index is 0.364. The van der Waals surface area contributed by atoms with Gasteiger partial charge in [0, 0.05) is 26.1 Å². The van der Waals surface area contributed by atoms with Gasteiger partial charge < -0.3 is 10.1 Å². The van der Waals surface area contributed by atoms with E-state index in [1.807, 2.05) is 0 Å². The molecule has 0 bridgehead atoms. The smallest absolute Gasteiger partial charge is 0.0713 e. The number of benzene rings is 1. The second-order valence-electron chi connectivity index (χ2n) is 3.94. The summed E-state index contributed by atoms with van der Waals surface area (Å²) in [5.41, 5.74) is 2.46. The fraction of sp³-hybridized carbons (Fsp3) is 0.429. The number of ether oxygens (including phenoxy) is 1. The summed E-state index contributed by atoms with van der Waals surface area (Å²) in [4.78, 5) is 0. The lowest BCUT2D eigenvalue weighted by Gasteiger charge is -2.11. The summed E-state index contributed by atoms with van der Waals surface area (Å²) in [5.74, 6) is 2.65. The molecular formula is C14H19NO. The van der Waals surface area contributed by atoms with Crippen LogP contribution in [0.5, 0.6) is 0 Å². The highest BCUT2D eigenvalue weighted by Gasteiger charge is 1.99. The molecule has 0 radical (unpaired) electrons. The van der Waals surface area contributed by atoms with Gasteiger partial charge in [0.1, 0.15) is 0 Å². The molecule has 1 N–H and O–H groups in total. The lowest BCUT2D eigenvalue weighted by molar-refractivity contribution is 0.185. The Morgan fingerprint density at radius 2 is 1.94 bits per heavy atom. The van der Waals surface area contributed by atoms with E-state index < -0.39 is 0 Å². The standard InChI is InChI=1S/C14H19NO/c1-4-5-12(2)15-10-13-6-8-14(9-7-13)11-16-3/h1,6-9,12,15H,5,10-11H2,2-3H3. The summed E-state index contributed by atoms with van der Waals surface area (Å²) in [7, 11) is 1.71. The van der Waals surface area contributed by atoms with Gasteiger partial charge in [-0.3, -0.25) is 0 Å². The van der Waals surface area contributed by atoms with Crippen molar-refractivity contribution in [3.05, 3.63) is 35.4 Å². The third-order valence-electron chi connectivity index (χ3n) is 2.41. The molecule has 0 heterocycles. The fourth-order valence-electron chi connectivity index (χ4n) is 1.46. The van der Waals surface area contributed by atoms with Gasteiger partial charge in [0.05, 0.1) is 6.61 Å². The molecule has 1 aromatic rings. The van der Waals surface area contributed by atoms with E-state index in [4.69, 9.17) is 11.2 Å². The Morgan fingerprint density at radius 3 is 2.50 bits per heavy atom. The molecule has 1 atom stereocenters. The van der Waals surface area contributed by atoms with E-state index in [9.17, 15) is 0 Å². The minimum Gasteiger partial charge on any atom is -0.380 e. The molecule has 0 fully saturated rings. The molecule has 0 saturated heterocycles. The lowest BCUT2D eigenvalue weighted by atomic mass is 10.1. The minimum absolute atomic E-state index is 0.364. The summed E-state index contributed by atoms with van der Waals surface area (Å²) in [6.45, 7) is 3.62. The molecule has 0 aromatic heterocycles. The van der Waals surface area contributed by atoms with Crippen LogP contribution in [0.25, 0.3) is 0 Å². The molecule has 2 heteroatoms. The number of nitrogens with one attached hydrogen (secondary N) is 1. The second-order valence-corrected chi connectivity index (χ2v) is 3.94. The lowest BCUT2D eigenvalue weighted by Crippen LogP contribution is -2.24. The van der Waals surface area contributed by atoms with Crippen LogP contribution in [0, 0.1) is 12.3 Å². The third-order valence-corrected chi connectivity index (χ3v) is 2.41. The quantitative estimate of drug-likeness (QED) is 0.738. The average Bonchev–Trinajstić information content (AvgIpc) is 2.29. The second kappa shape index (κ2) is 7.05. The first-order valence-electron chi connectivity index (χ1n) is 5.50. The number of hydrogen-bond acceptors (Lipinski definition) is 2.